The highest BCUT2D eigenvalue weighted by atomic mass is 79.9. The van der Waals surface area contributed by atoms with E-state index in [-0.39, 0.29) is 29.3 Å². The third-order valence-corrected chi connectivity index (χ3v) is 7.11. The average molecular weight is 389 g/mol. The van der Waals surface area contributed by atoms with Crippen molar-refractivity contribution in [2.24, 2.45) is 11.3 Å². The number of carbonyl (C=O) groups excluding carboxylic acids is 2. The molecule has 3 heteroatoms. The van der Waals surface area contributed by atoms with Crippen molar-refractivity contribution >= 4 is 38.3 Å². The Morgan fingerprint density at radius 1 is 0.960 bits per heavy atom. The van der Waals surface area contributed by atoms with Gasteiger partial charge in [0.1, 0.15) is 0 Å². The van der Waals surface area contributed by atoms with Gasteiger partial charge in [0.05, 0.1) is 5.41 Å². The first-order chi connectivity index (χ1) is 12.1. The fourth-order valence-electron chi connectivity index (χ4n) is 5.55. The van der Waals surface area contributed by atoms with Gasteiger partial charge < -0.3 is 0 Å². The number of halogens is 1. The largest absolute Gasteiger partial charge is 0.294 e. The van der Waals surface area contributed by atoms with Crippen LogP contribution in [0.5, 0.6) is 0 Å². The van der Waals surface area contributed by atoms with Crippen LogP contribution in [-0.2, 0) is 9.59 Å². The molecule has 2 aromatic rings. The first-order valence-electron chi connectivity index (χ1n) is 8.52. The second kappa shape index (κ2) is 4.28. The summed E-state index contributed by atoms with van der Waals surface area (Å²) in [6.07, 6.45) is 7.34. The third kappa shape index (κ3) is 1.40. The van der Waals surface area contributed by atoms with Crippen molar-refractivity contribution in [3.63, 3.8) is 0 Å². The number of hydrogen-bond donors (Lipinski definition) is 0. The monoisotopic (exact) mass is 388 g/mol. The van der Waals surface area contributed by atoms with E-state index in [1.165, 1.54) is 21.9 Å². The summed E-state index contributed by atoms with van der Waals surface area (Å²) in [4.78, 5) is 26.1. The van der Waals surface area contributed by atoms with Crippen LogP contribution >= 0.6 is 15.9 Å². The molecule has 2 aromatic carbocycles. The zero-order chi connectivity index (χ0) is 16.9. The lowest BCUT2D eigenvalue weighted by molar-refractivity contribution is -0.122. The van der Waals surface area contributed by atoms with E-state index in [2.05, 4.69) is 52.3 Å². The number of fused-ring (bicyclic) bond motifs is 1. The summed E-state index contributed by atoms with van der Waals surface area (Å²) in [6, 6.07) is 12.6. The van der Waals surface area contributed by atoms with Crippen LogP contribution in [0, 0.1) is 11.3 Å². The summed E-state index contributed by atoms with van der Waals surface area (Å²) < 4.78 is 0.750. The molecule has 7 rings (SSSR count). The van der Waals surface area contributed by atoms with Crippen LogP contribution in [0.2, 0.25) is 0 Å². The van der Waals surface area contributed by atoms with Gasteiger partial charge in [-0.1, -0.05) is 64.5 Å². The maximum atomic E-state index is 13.2. The molecule has 0 saturated carbocycles. The zero-order valence-electron chi connectivity index (χ0n) is 13.2. The van der Waals surface area contributed by atoms with Gasteiger partial charge in [-0.15, -0.1) is 0 Å². The van der Waals surface area contributed by atoms with Gasteiger partial charge in [0, 0.05) is 22.2 Å². The van der Waals surface area contributed by atoms with Gasteiger partial charge in [-0.25, -0.2) is 0 Å². The topological polar surface area (TPSA) is 34.1 Å². The van der Waals surface area contributed by atoms with E-state index in [9.17, 15) is 9.59 Å². The first kappa shape index (κ1) is 14.0. The van der Waals surface area contributed by atoms with Crippen molar-refractivity contribution in [3.05, 3.63) is 81.9 Å². The fourth-order valence-corrected chi connectivity index (χ4v) is 6.20. The van der Waals surface area contributed by atoms with E-state index in [0.717, 1.165) is 10.1 Å². The van der Waals surface area contributed by atoms with Crippen molar-refractivity contribution in [1.29, 1.82) is 0 Å². The van der Waals surface area contributed by atoms with Crippen LogP contribution in [0.1, 0.15) is 23.0 Å². The molecule has 2 bridgehead atoms. The Morgan fingerprint density at radius 2 is 1.72 bits per heavy atom. The number of rotatable bonds is 0. The van der Waals surface area contributed by atoms with Crippen LogP contribution in [0.4, 0.5) is 0 Å². The number of benzene rings is 2. The predicted molar refractivity (Wildman–Crippen MR) is 99.6 cm³/mol. The summed E-state index contributed by atoms with van der Waals surface area (Å²) in [5.41, 5.74) is 2.50. The summed E-state index contributed by atoms with van der Waals surface area (Å²) in [5.74, 6) is 0.00310. The van der Waals surface area contributed by atoms with E-state index in [0.29, 0.717) is 0 Å². The lowest BCUT2D eigenvalue weighted by Crippen LogP contribution is -2.39. The molecule has 4 atom stereocenters. The van der Waals surface area contributed by atoms with Crippen LogP contribution in [0.15, 0.2) is 70.8 Å². The Bertz CT molecular complexity index is 1110. The second-order valence-electron chi connectivity index (χ2n) is 7.37. The summed E-state index contributed by atoms with van der Waals surface area (Å²) in [6.45, 7) is 0. The predicted octanol–water partition coefficient (Wildman–Crippen LogP) is 4.56. The van der Waals surface area contributed by atoms with E-state index in [4.69, 9.17) is 0 Å². The van der Waals surface area contributed by atoms with Crippen molar-refractivity contribution in [2.45, 2.75) is 11.8 Å². The molecule has 1 spiro atoms. The molecule has 0 aromatic heterocycles. The summed E-state index contributed by atoms with van der Waals surface area (Å²) >= 11 is 3.53. The van der Waals surface area contributed by atoms with E-state index >= 15 is 0 Å². The standard InChI is InChI=1S/C22H13BrO2/c23-16-10-18(25)22-8-7-12(17(24)9-15(16)22)20-13-5-1-3-11-4-2-6-14(19(11)13)21(20)22/h1-10,12,20-21H/t12-,20-,21+,22+/m1/s1. The summed E-state index contributed by atoms with van der Waals surface area (Å²) in [7, 11) is 0. The average Bonchev–Trinajstić information content (AvgIpc) is 2.96. The fraction of sp³-hybridized carbons (Fsp3) is 0.182. The molecule has 0 fully saturated rings. The minimum atomic E-state index is -0.751. The Balaban J connectivity index is 1.77. The molecule has 25 heavy (non-hydrogen) atoms. The van der Waals surface area contributed by atoms with Crippen molar-refractivity contribution in [2.75, 3.05) is 0 Å². The van der Waals surface area contributed by atoms with Gasteiger partial charge >= 0.3 is 0 Å². The molecular weight excluding hydrogens is 376 g/mol. The Hall–Kier alpha value is -2.26. The lowest BCUT2D eigenvalue weighted by atomic mass is 9.59. The minimum absolute atomic E-state index is 0.0138. The van der Waals surface area contributed by atoms with E-state index in [1.807, 2.05) is 12.2 Å². The zero-order valence-corrected chi connectivity index (χ0v) is 14.8. The quantitative estimate of drug-likeness (QED) is 0.619. The Morgan fingerprint density at radius 3 is 2.52 bits per heavy atom. The highest BCUT2D eigenvalue weighted by Crippen LogP contribution is 2.67. The highest BCUT2D eigenvalue weighted by molar-refractivity contribution is 9.12. The second-order valence-corrected chi connectivity index (χ2v) is 8.22. The van der Waals surface area contributed by atoms with Gasteiger partial charge in [-0.05, 0) is 39.6 Å². The number of ketones is 2. The molecule has 2 nitrogen and oxygen atoms in total. The van der Waals surface area contributed by atoms with Gasteiger partial charge in [-0.3, -0.25) is 9.59 Å². The van der Waals surface area contributed by atoms with Crippen LogP contribution in [0.3, 0.4) is 0 Å². The Labute approximate surface area is 153 Å². The van der Waals surface area contributed by atoms with E-state index in [1.54, 1.807) is 12.2 Å². The molecule has 0 heterocycles. The van der Waals surface area contributed by atoms with Gasteiger partial charge in [-0.2, -0.15) is 0 Å². The van der Waals surface area contributed by atoms with Gasteiger partial charge in [0.2, 0.25) is 0 Å². The molecule has 0 aliphatic heterocycles. The molecule has 120 valence electrons. The summed E-state index contributed by atoms with van der Waals surface area (Å²) in [5, 5.41) is 2.42. The van der Waals surface area contributed by atoms with Crippen LogP contribution in [0.25, 0.3) is 10.8 Å². The molecule has 0 unspecified atom stereocenters. The van der Waals surface area contributed by atoms with Crippen molar-refractivity contribution < 1.29 is 9.59 Å². The van der Waals surface area contributed by atoms with Gasteiger partial charge in [0.25, 0.3) is 0 Å². The molecule has 0 radical (unpaired) electrons. The normalized spacial score (nSPS) is 34.0. The van der Waals surface area contributed by atoms with Crippen molar-refractivity contribution in [1.82, 2.24) is 0 Å². The number of hydrogen-bond acceptors (Lipinski definition) is 2. The lowest BCUT2D eigenvalue weighted by Gasteiger charge is -2.40. The van der Waals surface area contributed by atoms with Crippen LogP contribution < -0.4 is 0 Å². The number of carbonyl (C=O) groups is 2. The minimum Gasteiger partial charge on any atom is -0.294 e. The maximum Gasteiger partial charge on any atom is 0.171 e. The first-order valence-corrected chi connectivity index (χ1v) is 9.31. The molecular formula is C22H13BrO2. The highest BCUT2D eigenvalue weighted by Gasteiger charge is 2.61. The molecule has 5 aliphatic carbocycles. The smallest absolute Gasteiger partial charge is 0.171 e. The Kier molecular flexibility index (Phi) is 2.39. The number of allylic oxidation sites excluding steroid dienone is 6. The third-order valence-electron chi connectivity index (χ3n) is 6.45. The SMILES string of the molecule is O=C1C=C2C(Br)=CC(=O)[C@]23C=C[C@H]1[C@@H]1c2cccc4cccc(c24)[C@@H]13. The molecule has 0 saturated heterocycles. The maximum absolute atomic E-state index is 13.2. The van der Waals surface area contributed by atoms with Crippen molar-refractivity contribution in [3.8, 4) is 0 Å². The molecule has 0 amide bonds. The van der Waals surface area contributed by atoms with E-state index < -0.39 is 5.41 Å². The van der Waals surface area contributed by atoms with Crippen LogP contribution in [-0.4, -0.2) is 11.6 Å². The molecule has 5 aliphatic rings. The van der Waals surface area contributed by atoms with Gasteiger partial charge in [0.15, 0.2) is 11.6 Å². The molecule has 0 N–H and O–H groups in total.